The standard InChI is InChI=1S/C28H34F5N5O2/c1-34-20-6-9-38(23(13-20)21-12-19(29)4-5-22(21)30)26(40)36-10-11-37(27(17-36)7-2-3-8-27)16-18-15-35-25(14-24(18)39)28(31,32)33/h4-5,12,14-15,20,23,34H,2-3,6-11,13,16-17H2,1H3,(H,35,39)/t20-,23+/m1/s1. The van der Waals surface area contributed by atoms with Gasteiger partial charge in [0.2, 0.25) is 0 Å². The highest BCUT2D eigenvalue weighted by atomic mass is 19.4. The lowest BCUT2D eigenvalue weighted by molar-refractivity contribution is -0.141. The van der Waals surface area contributed by atoms with Crippen LogP contribution >= 0.6 is 0 Å². The number of aromatic nitrogens is 1. The zero-order chi connectivity index (χ0) is 28.7. The smallest absolute Gasteiger partial charge is 0.357 e. The summed E-state index contributed by atoms with van der Waals surface area (Å²) in [5.74, 6) is -1.12. The fraction of sp³-hybridized carbons (Fsp3) is 0.571. The van der Waals surface area contributed by atoms with Crippen molar-refractivity contribution in [3.8, 4) is 0 Å². The maximum atomic E-state index is 14.8. The minimum Gasteiger partial charge on any atom is -0.357 e. The predicted molar refractivity (Wildman–Crippen MR) is 139 cm³/mol. The van der Waals surface area contributed by atoms with Gasteiger partial charge in [-0.05, 0) is 50.9 Å². The van der Waals surface area contributed by atoms with Gasteiger partial charge in [-0.1, -0.05) is 12.8 Å². The molecule has 218 valence electrons. The van der Waals surface area contributed by atoms with Crippen LogP contribution in [0.5, 0.6) is 0 Å². The lowest BCUT2D eigenvalue weighted by Crippen LogP contribution is -2.64. The molecule has 3 aliphatic rings. The number of rotatable bonds is 4. The molecule has 12 heteroatoms. The van der Waals surface area contributed by atoms with Crippen molar-refractivity contribution in [1.29, 1.82) is 0 Å². The van der Waals surface area contributed by atoms with Crippen LogP contribution in [0.3, 0.4) is 0 Å². The number of pyridine rings is 1. The summed E-state index contributed by atoms with van der Waals surface area (Å²) >= 11 is 0. The van der Waals surface area contributed by atoms with E-state index in [1.165, 1.54) is 0 Å². The second kappa shape index (κ2) is 11.1. The van der Waals surface area contributed by atoms with Gasteiger partial charge in [-0.25, -0.2) is 13.6 Å². The third-order valence-electron chi connectivity index (χ3n) is 8.83. The summed E-state index contributed by atoms with van der Waals surface area (Å²) in [5, 5.41) is 3.20. The lowest BCUT2D eigenvalue weighted by atomic mass is 9.90. The molecule has 3 heterocycles. The summed E-state index contributed by atoms with van der Waals surface area (Å²) in [6.45, 7) is 1.76. The summed E-state index contributed by atoms with van der Waals surface area (Å²) in [4.78, 5) is 34.2. The number of hydrogen-bond acceptors (Lipinski definition) is 4. The van der Waals surface area contributed by atoms with Gasteiger partial charge in [-0.3, -0.25) is 9.69 Å². The highest BCUT2D eigenvalue weighted by Crippen LogP contribution is 2.40. The monoisotopic (exact) mass is 567 g/mol. The Kier molecular flexibility index (Phi) is 7.93. The van der Waals surface area contributed by atoms with Gasteiger partial charge in [0.1, 0.15) is 17.3 Å². The van der Waals surface area contributed by atoms with E-state index < -0.39 is 40.5 Å². The molecule has 1 spiro atoms. The zero-order valence-corrected chi connectivity index (χ0v) is 22.4. The molecule has 1 aliphatic carbocycles. The van der Waals surface area contributed by atoms with E-state index >= 15 is 0 Å². The number of likely N-dealkylation sites (tertiary alicyclic amines) is 1. The Morgan fingerprint density at radius 2 is 1.88 bits per heavy atom. The molecule has 2 N–H and O–H groups in total. The van der Waals surface area contributed by atoms with E-state index in [1.807, 2.05) is 7.05 Å². The van der Waals surface area contributed by atoms with E-state index in [0.29, 0.717) is 45.1 Å². The van der Waals surface area contributed by atoms with Crippen LogP contribution in [0.15, 0.2) is 35.3 Å². The Labute approximate surface area is 229 Å². The van der Waals surface area contributed by atoms with Gasteiger partial charge >= 0.3 is 12.2 Å². The molecule has 5 rings (SSSR count). The molecular formula is C28H34F5N5O2. The minimum absolute atomic E-state index is 0.0524. The lowest BCUT2D eigenvalue weighted by Gasteiger charge is -2.51. The van der Waals surface area contributed by atoms with E-state index in [-0.39, 0.29) is 29.7 Å². The van der Waals surface area contributed by atoms with Crippen LogP contribution < -0.4 is 10.7 Å². The molecule has 1 aromatic heterocycles. The predicted octanol–water partition coefficient (Wildman–Crippen LogP) is 4.65. The number of nitrogens with one attached hydrogen (secondary N) is 2. The summed E-state index contributed by atoms with van der Waals surface area (Å²) in [6, 6.07) is 3.10. The number of alkyl halides is 3. The Bertz CT molecular complexity index is 1290. The van der Waals surface area contributed by atoms with Crippen molar-refractivity contribution in [3.63, 3.8) is 0 Å². The summed E-state index contributed by atoms with van der Waals surface area (Å²) in [7, 11) is 1.81. The third-order valence-corrected chi connectivity index (χ3v) is 8.83. The number of urea groups is 1. The molecular weight excluding hydrogens is 533 g/mol. The maximum absolute atomic E-state index is 14.8. The number of nitrogens with zero attached hydrogens (tertiary/aromatic N) is 3. The number of piperidine rings is 1. The molecule has 2 atom stereocenters. The quantitative estimate of drug-likeness (QED) is 0.528. The first-order chi connectivity index (χ1) is 19.0. The molecule has 2 aliphatic heterocycles. The fourth-order valence-electron chi connectivity index (χ4n) is 6.63. The zero-order valence-electron chi connectivity index (χ0n) is 22.4. The van der Waals surface area contributed by atoms with E-state index in [9.17, 15) is 31.5 Å². The van der Waals surface area contributed by atoms with Crippen molar-refractivity contribution in [2.75, 3.05) is 33.2 Å². The first kappa shape index (κ1) is 28.5. The number of halogens is 5. The van der Waals surface area contributed by atoms with Gasteiger partial charge in [0.25, 0.3) is 0 Å². The van der Waals surface area contributed by atoms with Crippen molar-refractivity contribution in [2.24, 2.45) is 0 Å². The van der Waals surface area contributed by atoms with Gasteiger partial charge in [0.05, 0.1) is 6.04 Å². The maximum Gasteiger partial charge on any atom is 0.431 e. The van der Waals surface area contributed by atoms with Crippen LogP contribution in [-0.2, 0) is 12.7 Å². The van der Waals surface area contributed by atoms with E-state index in [2.05, 4.69) is 15.2 Å². The highest BCUT2D eigenvalue weighted by Gasteiger charge is 2.47. The number of carbonyl (C=O) groups excluding carboxylic acids is 1. The number of benzene rings is 1. The van der Waals surface area contributed by atoms with Gasteiger partial charge < -0.3 is 20.1 Å². The van der Waals surface area contributed by atoms with Crippen molar-refractivity contribution in [1.82, 2.24) is 25.0 Å². The van der Waals surface area contributed by atoms with Gasteiger partial charge in [0.15, 0.2) is 5.43 Å². The third kappa shape index (κ3) is 5.60. The molecule has 7 nitrogen and oxygen atoms in total. The Hall–Kier alpha value is -2.99. The molecule has 2 saturated heterocycles. The molecule has 0 bridgehead atoms. The average molecular weight is 568 g/mol. The summed E-state index contributed by atoms with van der Waals surface area (Å²) in [5.41, 5.74) is -1.77. The number of aromatic amines is 1. The molecule has 2 amide bonds. The van der Waals surface area contributed by atoms with Crippen LogP contribution in [0.4, 0.5) is 26.7 Å². The summed E-state index contributed by atoms with van der Waals surface area (Å²) in [6.07, 6.45) is 1.08. The van der Waals surface area contributed by atoms with Crippen LogP contribution in [-0.4, -0.2) is 70.5 Å². The van der Waals surface area contributed by atoms with Crippen molar-refractivity contribution in [3.05, 3.63) is 69.1 Å². The van der Waals surface area contributed by atoms with Crippen LogP contribution in [0.1, 0.15) is 61.4 Å². The van der Waals surface area contributed by atoms with E-state index in [1.54, 1.807) is 9.80 Å². The van der Waals surface area contributed by atoms with Crippen LogP contribution in [0.2, 0.25) is 0 Å². The molecule has 2 aromatic rings. The Morgan fingerprint density at radius 1 is 1.12 bits per heavy atom. The Morgan fingerprint density at radius 3 is 2.55 bits per heavy atom. The first-order valence-corrected chi connectivity index (χ1v) is 13.7. The van der Waals surface area contributed by atoms with Crippen LogP contribution in [0.25, 0.3) is 0 Å². The van der Waals surface area contributed by atoms with Crippen molar-refractivity contribution in [2.45, 2.75) is 68.9 Å². The normalized spacial score (nSPS) is 23.6. The fourth-order valence-corrected chi connectivity index (χ4v) is 6.63. The summed E-state index contributed by atoms with van der Waals surface area (Å²) < 4.78 is 68.0. The Balaban J connectivity index is 1.36. The molecule has 1 aromatic carbocycles. The number of hydrogen-bond donors (Lipinski definition) is 2. The molecule has 0 unspecified atom stereocenters. The number of piperazine rings is 1. The van der Waals surface area contributed by atoms with Crippen LogP contribution in [0, 0.1) is 11.6 Å². The second-order valence-electron chi connectivity index (χ2n) is 11.2. The largest absolute Gasteiger partial charge is 0.431 e. The average Bonchev–Trinajstić information content (AvgIpc) is 3.39. The van der Waals surface area contributed by atoms with Gasteiger partial charge in [-0.2, -0.15) is 13.2 Å². The van der Waals surface area contributed by atoms with Crippen molar-refractivity contribution < 1.29 is 26.7 Å². The molecule has 3 fully saturated rings. The molecule has 0 radical (unpaired) electrons. The van der Waals surface area contributed by atoms with Gasteiger partial charge in [0, 0.05) is 67.7 Å². The number of amides is 2. The minimum atomic E-state index is -4.63. The highest BCUT2D eigenvalue weighted by molar-refractivity contribution is 5.75. The van der Waals surface area contributed by atoms with Gasteiger partial charge in [-0.15, -0.1) is 0 Å². The SMILES string of the molecule is CN[C@@H]1CCN(C(=O)N2CCN(Cc3c[nH]c(C(F)(F)F)cc3=O)C3(CCCC3)C2)[C@H](c2cc(F)ccc2F)C1. The first-order valence-electron chi connectivity index (χ1n) is 13.7. The van der Waals surface area contributed by atoms with Crippen molar-refractivity contribution >= 4 is 6.03 Å². The molecule has 40 heavy (non-hydrogen) atoms. The number of H-pyrrole nitrogens is 1. The van der Waals surface area contributed by atoms with E-state index in [4.69, 9.17) is 0 Å². The van der Waals surface area contributed by atoms with E-state index in [0.717, 1.165) is 50.1 Å². The number of carbonyl (C=O) groups is 1. The topological polar surface area (TPSA) is 71.7 Å². The molecule has 1 saturated carbocycles. The second-order valence-corrected chi connectivity index (χ2v) is 11.2.